The molecule has 1 atom stereocenters. The van der Waals surface area contributed by atoms with E-state index in [2.05, 4.69) is 10.6 Å². The molecule has 2 N–H and O–H groups in total. The largest absolute Gasteiger partial charge is 0.497 e. The first kappa shape index (κ1) is 23.1. The highest BCUT2D eigenvalue weighted by atomic mass is 16.5. The Balaban J connectivity index is 2.18. The maximum atomic E-state index is 13.0. The highest BCUT2D eigenvalue weighted by Gasteiger charge is 2.26. The number of carbonyl (C=O) groups excluding carboxylic acids is 2. The minimum Gasteiger partial charge on any atom is -0.497 e. The molecule has 0 saturated heterocycles. The molecule has 7 nitrogen and oxygen atoms in total. The molecule has 0 bridgehead atoms. The van der Waals surface area contributed by atoms with Crippen LogP contribution < -0.4 is 24.8 Å². The molecule has 0 saturated carbocycles. The third-order valence-corrected chi connectivity index (χ3v) is 4.41. The third kappa shape index (κ3) is 6.14. The van der Waals surface area contributed by atoms with Gasteiger partial charge in [-0.3, -0.25) is 9.59 Å². The van der Waals surface area contributed by atoms with Crippen molar-refractivity contribution in [3.8, 4) is 17.2 Å². The van der Waals surface area contributed by atoms with Crippen LogP contribution in [0.3, 0.4) is 0 Å². The molecule has 0 radical (unpaired) electrons. The van der Waals surface area contributed by atoms with Crippen molar-refractivity contribution in [2.45, 2.75) is 33.7 Å². The minimum atomic E-state index is -0.732. The fourth-order valence-electron chi connectivity index (χ4n) is 2.86. The Morgan fingerprint density at radius 2 is 1.57 bits per heavy atom. The Labute approximate surface area is 177 Å². The predicted molar refractivity (Wildman–Crippen MR) is 116 cm³/mol. The molecule has 0 heterocycles. The standard InChI is InChI=1S/C23H30N2O5/c1-6-29-18-12-13-20(30-7-2)19(14-18)24-23(27)21(15(3)4)25-22(26)16-8-10-17(28-5)11-9-16/h8-15,21H,6-7H2,1-5H3,(H,24,27)(H,25,26). The number of amides is 2. The van der Waals surface area contributed by atoms with Crippen molar-refractivity contribution in [3.05, 3.63) is 48.0 Å². The SMILES string of the molecule is CCOc1ccc(OCC)c(NC(=O)C(NC(=O)c2ccc(OC)cc2)C(C)C)c1. The van der Waals surface area contributed by atoms with Crippen LogP contribution in [0.25, 0.3) is 0 Å². The van der Waals surface area contributed by atoms with E-state index in [1.54, 1.807) is 49.6 Å². The van der Waals surface area contributed by atoms with Crippen molar-refractivity contribution < 1.29 is 23.8 Å². The second-order valence-corrected chi connectivity index (χ2v) is 6.94. The molecule has 0 aromatic heterocycles. The van der Waals surface area contributed by atoms with Gasteiger partial charge in [0.25, 0.3) is 5.91 Å². The van der Waals surface area contributed by atoms with Crippen molar-refractivity contribution in [2.24, 2.45) is 5.92 Å². The highest BCUT2D eigenvalue weighted by Crippen LogP contribution is 2.30. The fraction of sp³-hybridized carbons (Fsp3) is 0.391. The smallest absolute Gasteiger partial charge is 0.251 e. The highest BCUT2D eigenvalue weighted by molar-refractivity contribution is 6.02. The topological polar surface area (TPSA) is 85.9 Å². The monoisotopic (exact) mass is 414 g/mol. The molecule has 2 aromatic rings. The van der Waals surface area contributed by atoms with Gasteiger partial charge < -0.3 is 24.8 Å². The molecule has 0 aliphatic carbocycles. The molecular weight excluding hydrogens is 384 g/mol. The Hall–Kier alpha value is -3.22. The molecule has 0 aliphatic rings. The number of benzene rings is 2. The zero-order valence-electron chi connectivity index (χ0n) is 18.2. The van der Waals surface area contributed by atoms with Gasteiger partial charge in [-0.05, 0) is 56.2 Å². The van der Waals surface area contributed by atoms with Crippen LogP contribution in [0.5, 0.6) is 17.2 Å². The number of nitrogens with one attached hydrogen (secondary N) is 2. The van der Waals surface area contributed by atoms with Gasteiger partial charge in [0.05, 0.1) is 26.0 Å². The van der Waals surface area contributed by atoms with E-state index in [1.807, 2.05) is 27.7 Å². The number of hydrogen-bond acceptors (Lipinski definition) is 5. The van der Waals surface area contributed by atoms with Crippen molar-refractivity contribution in [2.75, 3.05) is 25.6 Å². The second-order valence-electron chi connectivity index (χ2n) is 6.94. The van der Waals surface area contributed by atoms with Crippen LogP contribution in [0.2, 0.25) is 0 Å². The molecule has 0 aliphatic heterocycles. The van der Waals surface area contributed by atoms with Crippen LogP contribution in [0.4, 0.5) is 5.69 Å². The summed E-state index contributed by atoms with van der Waals surface area (Å²) >= 11 is 0. The summed E-state index contributed by atoms with van der Waals surface area (Å²) in [6, 6.07) is 11.2. The summed E-state index contributed by atoms with van der Waals surface area (Å²) in [5.41, 5.74) is 0.944. The van der Waals surface area contributed by atoms with E-state index in [0.29, 0.717) is 41.7 Å². The minimum absolute atomic E-state index is 0.127. The third-order valence-electron chi connectivity index (χ3n) is 4.41. The maximum absolute atomic E-state index is 13.0. The van der Waals surface area contributed by atoms with Gasteiger partial charge >= 0.3 is 0 Å². The number of carbonyl (C=O) groups is 2. The van der Waals surface area contributed by atoms with Gasteiger partial charge in [-0.15, -0.1) is 0 Å². The maximum Gasteiger partial charge on any atom is 0.251 e. The number of ether oxygens (including phenoxy) is 3. The van der Waals surface area contributed by atoms with Crippen LogP contribution in [-0.2, 0) is 4.79 Å². The van der Waals surface area contributed by atoms with Crippen molar-refractivity contribution >= 4 is 17.5 Å². The van der Waals surface area contributed by atoms with Gasteiger partial charge in [0, 0.05) is 11.6 Å². The number of methoxy groups -OCH3 is 1. The van der Waals surface area contributed by atoms with Crippen molar-refractivity contribution in [3.63, 3.8) is 0 Å². The van der Waals surface area contributed by atoms with Crippen LogP contribution in [0.15, 0.2) is 42.5 Å². The first-order valence-electron chi connectivity index (χ1n) is 10.0. The second kappa shape index (κ2) is 11.1. The van der Waals surface area contributed by atoms with Gasteiger partial charge in [-0.2, -0.15) is 0 Å². The molecule has 0 fully saturated rings. The summed E-state index contributed by atoms with van der Waals surface area (Å²) in [6.45, 7) is 8.47. The Bertz CT molecular complexity index is 849. The zero-order valence-corrected chi connectivity index (χ0v) is 18.2. The van der Waals surface area contributed by atoms with Crippen LogP contribution in [0, 0.1) is 5.92 Å². The Kier molecular flexibility index (Phi) is 8.53. The first-order valence-corrected chi connectivity index (χ1v) is 10.0. The molecule has 0 spiro atoms. The summed E-state index contributed by atoms with van der Waals surface area (Å²) in [5.74, 6) is 1.03. The average molecular weight is 415 g/mol. The lowest BCUT2D eigenvalue weighted by Gasteiger charge is -2.23. The van der Waals surface area contributed by atoms with Crippen LogP contribution >= 0.6 is 0 Å². The average Bonchev–Trinajstić information content (AvgIpc) is 2.73. The summed E-state index contributed by atoms with van der Waals surface area (Å²) in [4.78, 5) is 25.7. The Morgan fingerprint density at radius 1 is 0.933 bits per heavy atom. The van der Waals surface area contributed by atoms with Crippen molar-refractivity contribution in [1.29, 1.82) is 0 Å². The van der Waals surface area contributed by atoms with Gasteiger partial charge in [0.15, 0.2) is 0 Å². The van der Waals surface area contributed by atoms with E-state index in [0.717, 1.165) is 0 Å². The number of rotatable bonds is 10. The molecule has 162 valence electrons. The fourth-order valence-corrected chi connectivity index (χ4v) is 2.86. The van der Waals surface area contributed by atoms with Crippen molar-refractivity contribution in [1.82, 2.24) is 5.32 Å². The van der Waals surface area contributed by atoms with Gasteiger partial charge in [0.1, 0.15) is 23.3 Å². The summed E-state index contributed by atoms with van der Waals surface area (Å²) in [6.07, 6.45) is 0. The van der Waals surface area contributed by atoms with Crippen LogP contribution in [-0.4, -0.2) is 38.2 Å². The first-order chi connectivity index (χ1) is 14.4. The summed E-state index contributed by atoms with van der Waals surface area (Å²) < 4.78 is 16.3. The molecular formula is C23H30N2O5. The van der Waals surface area contributed by atoms with Gasteiger partial charge in [0.2, 0.25) is 5.91 Å². The lowest BCUT2D eigenvalue weighted by atomic mass is 10.0. The normalized spacial score (nSPS) is 11.5. The molecule has 2 aromatic carbocycles. The summed E-state index contributed by atoms with van der Waals surface area (Å²) in [5, 5.41) is 5.69. The Morgan fingerprint density at radius 3 is 2.13 bits per heavy atom. The van der Waals surface area contributed by atoms with E-state index in [1.165, 1.54) is 0 Å². The van der Waals surface area contributed by atoms with E-state index in [9.17, 15) is 9.59 Å². The van der Waals surface area contributed by atoms with E-state index in [4.69, 9.17) is 14.2 Å². The zero-order chi connectivity index (χ0) is 22.1. The lowest BCUT2D eigenvalue weighted by molar-refractivity contribution is -0.118. The van der Waals surface area contributed by atoms with E-state index < -0.39 is 6.04 Å². The van der Waals surface area contributed by atoms with Gasteiger partial charge in [-0.25, -0.2) is 0 Å². The lowest BCUT2D eigenvalue weighted by Crippen LogP contribution is -2.47. The molecule has 7 heteroatoms. The quantitative estimate of drug-likeness (QED) is 0.616. The number of anilines is 1. The molecule has 1 unspecified atom stereocenters. The van der Waals surface area contributed by atoms with Gasteiger partial charge in [-0.1, -0.05) is 13.8 Å². The molecule has 30 heavy (non-hydrogen) atoms. The van der Waals surface area contributed by atoms with Crippen LogP contribution in [0.1, 0.15) is 38.1 Å². The summed E-state index contributed by atoms with van der Waals surface area (Å²) in [7, 11) is 1.56. The predicted octanol–water partition coefficient (Wildman–Crippen LogP) is 3.89. The van der Waals surface area contributed by atoms with E-state index in [-0.39, 0.29) is 17.7 Å². The van der Waals surface area contributed by atoms with E-state index >= 15 is 0 Å². The number of hydrogen-bond donors (Lipinski definition) is 2. The molecule has 2 amide bonds. The molecule has 2 rings (SSSR count).